The molecule has 0 radical (unpaired) electrons. The number of rotatable bonds is 1. The summed E-state index contributed by atoms with van der Waals surface area (Å²) >= 11 is 4.92. The summed E-state index contributed by atoms with van der Waals surface area (Å²) in [5.74, 6) is 0.107. The number of nitrogens with zero attached hydrogens (tertiary/aromatic N) is 2. The van der Waals surface area contributed by atoms with Gasteiger partial charge in [-0.05, 0) is 6.92 Å². The molecule has 0 aromatic carbocycles. The van der Waals surface area contributed by atoms with E-state index in [9.17, 15) is 4.79 Å². The summed E-state index contributed by atoms with van der Waals surface area (Å²) in [4.78, 5) is 17.7. The lowest BCUT2D eigenvalue weighted by Gasteiger charge is -1.96. The predicted molar refractivity (Wildman–Crippen MR) is 38.6 cm³/mol. The number of aryl methyl sites for hydroxylation is 1. The second-order valence-corrected chi connectivity index (χ2v) is 2.14. The van der Waals surface area contributed by atoms with Crippen molar-refractivity contribution in [2.75, 3.05) is 0 Å². The van der Waals surface area contributed by atoms with Gasteiger partial charge in [-0.3, -0.25) is 4.98 Å². The van der Waals surface area contributed by atoms with Crippen LogP contribution in [0.5, 0.6) is 5.88 Å². The molecule has 0 saturated carbocycles. The van der Waals surface area contributed by atoms with Gasteiger partial charge >= 0.3 is 5.43 Å². The smallest absolute Gasteiger partial charge is 0.394 e. The maximum absolute atomic E-state index is 10.2. The number of carbonyl (C=O) groups excluding carboxylic acids is 1. The lowest BCUT2D eigenvalue weighted by atomic mass is 10.5. The molecule has 4 nitrogen and oxygen atoms in total. The molecule has 0 unspecified atom stereocenters. The largest absolute Gasteiger partial charge is 0.410 e. The van der Waals surface area contributed by atoms with Crippen LogP contribution < -0.4 is 4.74 Å². The molecule has 5 heteroatoms. The van der Waals surface area contributed by atoms with Crippen molar-refractivity contribution in [3.05, 3.63) is 18.1 Å². The van der Waals surface area contributed by atoms with Crippen molar-refractivity contribution in [3.8, 4) is 5.88 Å². The molecular weight excluding hydrogens is 168 g/mol. The van der Waals surface area contributed by atoms with Gasteiger partial charge in [-0.1, -0.05) is 0 Å². The standard InChI is InChI=1S/C6H5ClN2O2/c1-4-2-9-5(3-8-4)11-6(7)10/h2-3H,1H3. The third kappa shape index (κ3) is 2.51. The number of ether oxygens (including phenoxy) is 1. The maximum Gasteiger partial charge on any atom is 0.410 e. The van der Waals surface area contributed by atoms with Crippen molar-refractivity contribution in [2.45, 2.75) is 6.92 Å². The Kier molecular flexibility index (Phi) is 2.38. The fraction of sp³-hybridized carbons (Fsp3) is 0.167. The summed E-state index contributed by atoms with van der Waals surface area (Å²) in [5, 5.41) is 0. The van der Waals surface area contributed by atoms with Crippen molar-refractivity contribution in [1.29, 1.82) is 0 Å². The molecule has 58 valence electrons. The Morgan fingerprint density at radius 1 is 1.55 bits per heavy atom. The Labute approximate surface area is 68.2 Å². The molecule has 0 aliphatic rings. The molecule has 0 saturated heterocycles. The van der Waals surface area contributed by atoms with Crippen LogP contribution in [0.25, 0.3) is 0 Å². The third-order valence-electron chi connectivity index (χ3n) is 0.942. The van der Waals surface area contributed by atoms with E-state index in [0.29, 0.717) is 0 Å². The fourth-order valence-corrected chi connectivity index (χ4v) is 0.595. The minimum Gasteiger partial charge on any atom is -0.394 e. The molecule has 1 aromatic heterocycles. The first-order valence-electron chi connectivity index (χ1n) is 2.84. The van der Waals surface area contributed by atoms with Gasteiger partial charge in [0, 0.05) is 11.6 Å². The number of hydrogen-bond donors (Lipinski definition) is 0. The van der Waals surface area contributed by atoms with Crippen LogP contribution in [-0.4, -0.2) is 15.4 Å². The van der Waals surface area contributed by atoms with Crippen molar-refractivity contribution in [2.24, 2.45) is 0 Å². The highest BCUT2D eigenvalue weighted by molar-refractivity contribution is 6.61. The van der Waals surface area contributed by atoms with Crippen LogP contribution >= 0.6 is 11.6 Å². The monoisotopic (exact) mass is 172 g/mol. The molecule has 1 rings (SSSR count). The van der Waals surface area contributed by atoms with Gasteiger partial charge in [0.15, 0.2) is 0 Å². The lowest BCUT2D eigenvalue weighted by Crippen LogP contribution is -1.98. The van der Waals surface area contributed by atoms with E-state index in [1.165, 1.54) is 12.4 Å². The van der Waals surface area contributed by atoms with Crippen molar-refractivity contribution in [1.82, 2.24) is 9.97 Å². The first-order valence-corrected chi connectivity index (χ1v) is 3.22. The van der Waals surface area contributed by atoms with Crippen LogP contribution in [0.4, 0.5) is 4.79 Å². The molecule has 0 aliphatic carbocycles. The predicted octanol–water partition coefficient (Wildman–Crippen LogP) is 1.52. The van der Waals surface area contributed by atoms with Crippen molar-refractivity contribution in [3.63, 3.8) is 0 Å². The minimum absolute atomic E-state index is 0.107. The summed E-state index contributed by atoms with van der Waals surface area (Å²) < 4.78 is 4.42. The van der Waals surface area contributed by atoms with E-state index in [4.69, 9.17) is 11.6 Å². The molecule has 0 atom stereocenters. The van der Waals surface area contributed by atoms with Crippen LogP contribution in [0.3, 0.4) is 0 Å². The van der Waals surface area contributed by atoms with E-state index in [-0.39, 0.29) is 5.88 Å². The van der Waals surface area contributed by atoms with E-state index in [1.807, 2.05) is 0 Å². The van der Waals surface area contributed by atoms with Gasteiger partial charge in [-0.25, -0.2) is 9.78 Å². The van der Waals surface area contributed by atoms with Crippen LogP contribution in [0.15, 0.2) is 12.4 Å². The molecule has 1 heterocycles. The average Bonchev–Trinajstić information content (AvgIpc) is 1.93. The topological polar surface area (TPSA) is 52.1 Å². The van der Waals surface area contributed by atoms with Crippen LogP contribution in [0.2, 0.25) is 0 Å². The van der Waals surface area contributed by atoms with Crippen LogP contribution in [0, 0.1) is 6.92 Å². The zero-order chi connectivity index (χ0) is 8.27. The second kappa shape index (κ2) is 3.30. The van der Waals surface area contributed by atoms with Gasteiger partial charge in [0.05, 0.1) is 18.1 Å². The lowest BCUT2D eigenvalue weighted by molar-refractivity contribution is 0.223. The molecule has 0 aliphatic heterocycles. The average molecular weight is 173 g/mol. The number of carbonyl (C=O) groups is 1. The van der Waals surface area contributed by atoms with Gasteiger partial charge in [0.1, 0.15) is 0 Å². The number of aromatic nitrogens is 2. The summed E-state index contributed by atoms with van der Waals surface area (Å²) in [7, 11) is 0. The zero-order valence-corrected chi connectivity index (χ0v) is 6.50. The molecule has 0 N–H and O–H groups in total. The Balaban J connectivity index is 2.74. The molecule has 0 spiro atoms. The van der Waals surface area contributed by atoms with E-state index in [0.717, 1.165) is 5.69 Å². The van der Waals surface area contributed by atoms with E-state index in [1.54, 1.807) is 6.92 Å². The molecule has 0 fully saturated rings. The van der Waals surface area contributed by atoms with Gasteiger partial charge in [-0.15, -0.1) is 0 Å². The van der Waals surface area contributed by atoms with E-state index in [2.05, 4.69) is 14.7 Å². The maximum atomic E-state index is 10.2. The van der Waals surface area contributed by atoms with Crippen molar-refractivity contribution >= 4 is 17.0 Å². The van der Waals surface area contributed by atoms with Crippen LogP contribution in [0.1, 0.15) is 5.69 Å². The summed E-state index contributed by atoms with van der Waals surface area (Å²) in [5.41, 5.74) is -0.164. The second-order valence-electron chi connectivity index (χ2n) is 1.84. The van der Waals surface area contributed by atoms with Gasteiger partial charge < -0.3 is 4.74 Å². The molecule has 0 amide bonds. The molecule has 0 bridgehead atoms. The molecular formula is C6H5ClN2O2. The Morgan fingerprint density at radius 3 is 2.73 bits per heavy atom. The van der Waals surface area contributed by atoms with E-state index < -0.39 is 5.43 Å². The molecule has 11 heavy (non-hydrogen) atoms. The summed E-state index contributed by atoms with van der Waals surface area (Å²) in [6.45, 7) is 1.78. The number of hydrogen-bond acceptors (Lipinski definition) is 4. The van der Waals surface area contributed by atoms with Crippen LogP contribution in [-0.2, 0) is 0 Å². The minimum atomic E-state index is -0.914. The summed E-state index contributed by atoms with van der Waals surface area (Å²) in [6.07, 6.45) is 2.81. The molecule has 1 aromatic rings. The Bertz CT molecular complexity index is 260. The van der Waals surface area contributed by atoms with Gasteiger partial charge in [0.2, 0.25) is 5.88 Å². The first-order chi connectivity index (χ1) is 5.18. The zero-order valence-electron chi connectivity index (χ0n) is 5.74. The quantitative estimate of drug-likeness (QED) is 0.603. The summed E-state index contributed by atoms with van der Waals surface area (Å²) in [6, 6.07) is 0. The normalized spacial score (nSPS) is 9.27. The first kappa shape index (κ1) is 7.94. The SMILES string of the molecule is Cc1cnc(OC(=O)Cl)cn1. The fourth-order valence-electron chi connectivity index (χ4n) is 0.516. The Hall–Kier alpha value is -1.16. The highest BCUT2D eigenvalue weighted by Gasteiger charge is 1.99. The van der Waals surface area contributed by atoms with Crippen molar-refractivity contribution < 1.29 is 9.53 Å². The van der Waals surface area contributed by atoms with Gasteiger partial charge in [0.25, 0.3) is 0 Å². The highest BCUT2D eigenvalue weighted by atomic mass is 35.5. The Morgan fingerprint density at radius 2 is 2.27 bits per heavy atom. The van der Waals surface area contributed by atoms with E-state index >= 15 is 0 Å². The van der Waals surface area contributed by atoms with Gasteiger partial charge in [-0.2, -0.15) is 0 Å². The number of halogens is 1. The highest BCUT2D eigenvalue weighted by Crippen LogP contribution is 2.04. The third-order valence-corrected chi connectivity index (χ3v) is 1.02.